The third-order valence-electron chi connectivity index (χ3n) is 2.31. The molecule has 0 aliphatic rings. The highest BCUT2D eigenvalue weighted by Gasteiger charge is 2.14. The highest BCUT2D eigenvalue weighted by atomic mass is 79.9. The fourth-order valence-electron chi connectivity index (χ4n) is 1.18. The Hall–Kier alpha value is -0.0000000000000000833. The van der Waals surface area contributed by atoms with Crippen LogP contribution < -0.4 is 0 Å². The second-order valence-electron chi connectivity index (χ2n) is 3.79. The first kappa shape index (κ1) is 14.1. The summed E-state index contributed by atoms with van der Waals surface area (Å²) in [6.07, 6.45) is 1.00. The number of hydrogen-bond acceptors (Lipinski definition) is 3. The molecule has 0 aromatic carbocycles. The van der Waals surface area contributed by atoms with Crippen LogP contribution in [0.3, 0.4) is 0 Å². The van der Waals surface area contributed by atoms with Gasteiger partial charge in [0.2, 0.25) is 0 Å². The minimum absolute atomic E-state index is 0.0164. The van der Waals surface area contributed by atoms with Crippen molar-refractivity contribution in [3.63, 3.8) is 0 Å². The minimum atomic E-state index is -1.03. The Morgan fingerprint density at radius 2 is 2.25 bits per heavy atom. The molecule has 1 rings (SSSR count). The van der Waals surface area contributed by atoms with Crippen LogP contribution in [0.15, 0.2) is 15.9 Å². The van der Waals surface area contributed by atoms with Crippen molar-refractivity contribution in [2.75, 3.05) is 11.5 Å². The van der Waals surface area contributed by atoms with Crippen LogP contribution in [-0.2, 0) is 10.8 Å². The first-order valence-corrected chi connectivity index (χ1v) is 8.26. The standard InChI is InChI=1S/C11H15BrO2S2/c1-3-8(2)6-16(14)7-9(13)10-4-5-11(12)15-10/h4-5,8H,3,6-7H2,1-2H3. The number of rotatable bonds is 6. The third kappa shape index (κ3) is 4.47. The predicted octanol–water partition coefficient (Wildman–Crippen LogP) is 3.49. The molecule has 1 aromatic rings. The van der Waals surface area contributed by atoms with E-state index in [1.807, 2.05) is 6.07 Å². The third-order valence-corrected chi connectivity index (χ3v) is 5.50. The maximum atomic E-state index is 11.7. The van der Waals surface area contributed by atoms with Gasteiger partial charge in [-0.25, -0.2) is 0 Å². The van der Waals surface area contributed by atoms with E-state index in [1.54, 1.807) is 6.07 Å². The number of thiophene rings is 1. The summed E-state index contributed by atoms with van der Waals surface area (Å²) in [6, 6.07) is 3.62. The molecule has 1 aromatic heterocycles. The lowest BCUT2D eigenvalue weighted by atomic mass is 10.2. The molecule has 0 aliphatic carbocycles. The Balaban J connectivity index is 2.49. The molecule has 0 spiro atoms. The van der Waals surface area contributed by atoms with Crippen molar-refractivity contribution in [3.8, 4) is 0 Å². The molecular formula is C11H15BrO2S2. The van der Waals surface area contributed by atoms with Crippen LogP contribution >= 0.6 is 27.3 Å². The molecule has 0 bridgehead atoms. The van der Waals surface area contributed by atoms with Gasteiger partial charge in [0.05, 0.1) is 14.4 Å². The Labute approximate surface area is 111 Å². The van der Waals surface area contributed by atoms with E-state index in [9.17, 15) is 9.00 Å². The maximum Gasteiger partial charge on any atom is 0.185 e. The molecule has 0 fully saturated rings. The second-order valence-corrected chi connectivity index (χ2v) is 7.76. The molecule has 0 saturated carbocycles. The van der Waals surface area contributed by atoms with Gasteiger partial charge in [0, 0.05) is 16.6 Å². The zero-order valence-electron chi connectivity index (χ0n) is 9.36. The number of hydrogen-bond donors (Lipinski definition) is 0. The molecule has 1 heterocycles. The van der Waals surface area contributed by atoms with Crippen molar-refractivity contribution in [2.45, 2.75) is 20.3 Å². The predicted molar refractivity (Wildman–Crippen MR) is 73.7 cm³/mol. The SMILES string of the molecule is CCC(C)CS(=O)CC(=O)c1ccc(Br)s1. The van der Waals surface area contributed by atoms with E-state index in [-0.39, 0.29) is 11.5 Å². The number of ketones is 1. The average Bonchev–Trinajstić information content (AvgIpc) is 2.64. The van der Waals surface area contributed by atoms with Gasteiger partial charge in [-0.05, 0) is 34.0 Å². The van der Waals surface area contributed by atoms with Crippen molar-refractivity contribution in [3.05, 3.63) is 20.8 Å². The zero-order chi connectivity index (χ0) is 12.1. The van der Waals surface area contributed by atoms with Gasteiger partial charge < -0.3 is 0 Å². The molecule has 0 radical (unpaired) electrons. The summed E-state index contributed by atoms with van der Waals surface area (Å²) in [4.78, 5) is 12.4. The van der Waals surface area contributed by atoms with E-state index in [0.717, 1.165) is 10.2 Å². The van der Waals surface area contributed by atoms with Gasteiger partial charge in [0.25, 0.3) is 0 Å². The average molecular weight is 323 g/mol. The van der Waals surface area contributed by atoms with Crippen LogP contribution in [0.2, 0.25) is 0 Å². The van der Waals surface area contributed by atoms with Crippen molar-refractivity contribution in [2.24, 2.45) is 5.92 Å². The quantitative estimate of drug-likeness (QED) is 0.751. The molecule has 2 atom stereocenters. The van der Waals surface area contributed by atoms with Gasteiger partial charge in [0.15, 0.2) is 5.78 Å². The van der Waals surface area contributed by atoms with Gasteiger partial charge in [-0.1, -0.05) is 20.3 Å². The topological polar surface area (TPSA) is 34.1 Å². The van der Waals surface area contributed by atoms with Crippen molar-refractivity contribution < 1.29 is 9.00 Å². The molecule has 0 N–H and O–H groups in total. The first-order valence-electron chi connectivity index (χ1n) is 5.16. The van der Waals surface area contributed by atoms with E-state index in [0.29, 0.717) is 16.5 Å². The maximum absolute atomic E-state index is 11.7. The summed E-state index contributed by atoms with van der Waals surface area (Å²) in [5, 5.41) is 0. The fraction of sp³-hybridized carbons (Fsp3) is 0.545. The van der Waals surface area contributed by atoms with E-state index < -0.39 is 10.8 Å². The summed E-state index contributed by atoms with van der Waals surface area (Å²) in [5.41, 5.74) is 0. The second kappa shape index (κ2) is 6.67. The summed E-state index contributed by atoms with van der Waals surface area (Å²) in [7, 11) is -1.03. The lowest BCUT2D eigenvalue weighted by Crippen LogP contribution is -2.16. The monoisotopic (exact) mass is 322 g/mol. The summed E-state index contributed by atoms with van der Waals surface area (Å²) >= 11 is 4.70. The van der Waals surface area contributed by atoms with Gasteiger partial charge in [-0.3, -0.25) is 9.00 Å². The minimum Gasteiger partial charge on any atom is -0.292 e. The van der Waals surface area contributed by atoms with Crippen LogP contribution in [0.4, 0.5) is 0 Å². The zero-order valence-corrected chi connectivity index (χ0v) is 12.6. The van der Waals surface area contributed by atoms with Crippen LogP contribution in [0.5, 0.6) is 0 Å². The van der Waals surface area contributed by atoms with Crippen LogP contribution in [0.25, 0.3) is 0 Å². The first-order chi connectivity index (χ1) is 7.52. The largest absolute Gasteiger partial charge is 0.292 e. The van der Waals surface area contributed by atoms with Gasteiger partial charge in [-0.15, -0.1) is 11.3 Å². The summed E-state index contributed by atoms with van der Waals surface area (Å²) in [5.74, 6) is 1.17. The lowest BCUT2D eigenvalue weighted by Gasteiger charge is -2.06. The Morgan fingerprint density at radius 1 is 1.56 bits per heavy atom. The lowest BCUT2D eigenvalue weighted by molar-refractivity contribution is 0.102. The summed E-state index contributed by atoms with van der Waals surface area (Å²) < 4.78 is 12.6. The number of Topliss-reactive ketones (excluding diaryl/α,β-unsaturated/α-hetero) is 1. The molecule has 16 heavy (non-hydrogen) atoms. The molecule has 0 saturated heterocycles. The van der Waals surface area contributed by atoms with Crippen LogP contribution in [0, 0.1) is 5.92 Å². The van der Waals surface area contributed by atoms with E-state index in [4.69, 9.17) is 0 Å². The van der Waals surface area contributed by atoms with Gasteiger partial charge in [-0.2, -0.15) is 0 Å². The Bertz CT molecular complexity index is 387. The fourth-order valence-corrected chi connectivity index (χ4v) is 4.03. The molecular weight excluding hydrogens is 308 g/mol. The molecule has 5 heteroatoms. The Kier molecular flexibility index (Phi) is 5.86. The molecule has 0 amide bonds. The molecule has 0 aliphatic heterocycles. The van der Waals surface area contributed by atoms with Gasteiger partial charge >= 0.3 is 0 Å². The van der Waals surface area contributed by atoms with Crippen LogP contribution in [0.1, 0.15) is 29.9 Å². The number of carbonyl (C=O) groups is 1. The Morgan fingerprint density at radius 3 is 2.75 bits per heavy atom. The van der Waals surface area contributed by atoms with Gasteiger partial charge in [0.1, 0.15) is 0 Å². The van der Waals surface area contributed by atoms with Crippen molar-refractivity contribution in [1.29, 1.82) is 0 Å². The highest BCUT2D eigenvalue weighted by molar-refractivity contribution is 9.11. The molecule has 2 nitrogen and oxygen atoms in total. The van der Waals surface area contributed by atoms with Crippen molar-refractivity contribution in [1.82, 2.24) is 0 Å². The van der Waals surface area contributed by atoms with Crippen LogP contribution in [-0.4, -0.2) is 21.5 Å². The number of halogens is 1. The smallest absolute Gasteiger partial charge is 0.185 e. The number of carbonyl (C=O) groups excluding carboxylic acids is 1. The van der Waals surface area contributed by atoms with E-state index in [1.165, 1.54) is 11.3 Å². The normalized spacial score (nSPS) is 14.7. The van der Waals surface area contributed by atoms with E-state index in [2.05, 4.69) is 29.8 Å². The molecule has 90 valence electrons. The summed E-state index contributed by atoms with van der Waals surface area (Å²) in [6.45, 7) is 4.13. The van der Waals surface area contributed by atoms with E-state index >= 15 is 0 Å². The van der Waals surface area contributed by atoms with Crippen molar-refractivity contribution >= 4 is 43.8 Å². The molecule has 2 unspecified atom stereocenters. The highest BCUT2D eigenvalue weighted by Crippen LogP contribution is 2.22.